The van der Waals surface area contributed by atoms with Crippen LogP contribution in [0.5, 0.6) is 5.75 Å². The van der Waals surface area contributed by atoms with Gasteiger partial charge in [-0.1, -0.05) is 44.0 Å². The first kappa shape index (κ1) is 18.7. The van der Waals surface area contributed by atoms with E-state index in [-0.39, 0.29) is 11.4 Å². The summed E-state index contributed by atoms with van der Waals surface area (Å²) in [6.07, 6.45) is 2.46. The highest BCUT2D eigenvalue weighted by molar-refractivity contribution is 7.89. The van der Waals surface area contributed by atoms with Gasteiger partial charge in [-0.05, 0) is 25.5 Å². The van der Waals surface area contributed by atoms with Crippen molar-refractivity contribution in [3.05, 3.63) is 36.4 Å². The van der Waals surface area contributed by atoms with Crippen LogP contribution in [0.2, 0.25) is 0 Å². The molecule has 0 saturated carbocycles. The molecule has 0 aliphatic carbocycles. The van der Waals surface area contributed by atoms with Gasteiger partial charge < -0.3 is 9.84 Å². The van der Waals surface area contributed by atoms with Crippen molar-refractivity contribution in [3.63, 3.8) is 0 Å². The molecule has 0 amide bonds. The molecular formula is C18H25NO4S. The van der Waals surface area contributed by atoms with E-state index in [0.717, 1.165) is 24.6 Å². The Hall–Kier alpha value is -1.63. The molecule has 1 atom stereocenters. The quantitative estimate of drug-likeness (QED) is 0.681. The van der Waals surface area contributed by atoms with Gasteiger partial charge in [0.25, 0.3) is 0 Å². The van der Waals surface area contributed by atoms with E-state index in [0.29, 0.717) is 17.7 Å². The third kappa shape index (κ3) is 4.69. The second-order valence-corrected chi connectivity index (χ2v) is 7.60. The van der Waals surface area contributed by atoms with Crippen LogP contribution in [-0.4, -0.2) is 32.8 Å². The van der Waals surface area contributed by atoms with Gasteiger partial charge in [-0.3, -0.25) is 0 Å². The van der Waals surface area contributed by atoms with Gasteiger partial charge in [0.2, 0.25) is 10.0 Å². The van der Waals surface area contributed by atoms with E-state index < -0.39 is 16.1 Å². The molecule has 0 heterocycles. The third-order valence-corrected chi connectivity index (χ3v) is 5.19. The first-order valence-electron chi connectivity index (χ1n) is 8.28. The lowest BCUT2D eigenvalue weighted by Gasteiger charge is -2.14. The average molecular weight is 351 g/mol. The average Bonchev–Trinajstić information content (AvgIpc) is 2.57. The van der Waals surface area contributed by atoms with Gasteiger partial charge in [0.05, 0.1) is 17.6 Å². The van der Waals surface area contributed by atoms with Gasteiger partial charge in [0, 0.05) is 17.3 Å². The summed E-state index contributed by atoms with van der Waals surface area (Å²) in [5.74, 6) is 0.691. The first-order chi connectivity index (χ1) is 11.5. The van der Waals surface area contributed by atoms with E-state index >= 15 is 0 Å². The molecule has 0 aliphatic rings. The standard InChI is InChI=1S/C18H25NO4S/c1-3-4-7-12-23-17-10-11-18(16-9-6-5-8-15(16)17)24(21,22)19-13-14(2)20/h5-6,8-11,14,19-20H,3-4,7,12-13H2,1-2H3. The largest absolute Gasteiger partial charge is 0.493 e. The molecule has 2 N–H and O–H groups in total. The molecule has 0 aliphatic heterocycles. The smallest absolute Gasteiger partial charge is 0.241 e. The minimum atomic E-state index is -3.69. The summed E-state index contributed by atoms with van der Waals surface area (Å²) >= 11 is 0. The highest BCUT2D eigenvalue weighted by atomic mass is 32.2. The van der Waals surface area contributed by atoms with Crippen LogP contribution in [0, 0.1) is 0 Å². The summed E-state index contributed by atoms with van der Waals surface area (Å²) in [5.41, 5.74) is 0. The molecule has 0 radical (unpaired) electrons. The van der Waals surface area contributed by atoms with E-state index in [2.05, 4.69) is 11.6 Å². The number of fused-ring (bicyclic) bond motifs is 1. The topological polar surface area (TPSA) is 75.6 Å². The predicted molar refractivity (Wildman–Crippen MR) is 95.8 cm³/mol. The van der Waals surface area contributed by atoms with Crippen molar-refractivity contribution in [1.82, 2.24) is 4.72 Å². The number of ether oxygens (including phenoxy) is 1. The number of aliphatic hydroxyl groups excluding tert-OH is 1. The van der Waals surface area contributed by atoms with Crippen LogP contribution in [-0.2, 0) is 10.0 Å². The van der Waals surface area contributed by atoms with Crippen molar-refractivity contribution >= 4 is 20.8 Å². The van der Waals surface area contributed by atoms with E-state index in [9.17, 15) is 13.5 Å². The van der Waals surface area contributed by atoms with Gasteiger partial charge in [-0.15, -0.1) is 0 Å². The fourth-order valence-corrected chi connectivity index (χ4v) is 3.78. The van der Waals surface area contributed by atoms with Crippen molar-refractivity contribution < 1.29 is 18.3 Å². The lowest BCUT2D eigenvalue weighted by atomic mass is 10.1. The summed E-state index contributed by atoms with van der Waals surface area (Å²) < 4.78 is 33.3. The number of unbranched alkanes of at least 4 members (excludes halogenated alkanes) is 2. The van der Waals surface area contributed by atoms with Crippen molar-refractivity contribution in [2.45, 2.75) is 44.1 Å². The Kier molecular flexibility index (Phi) is 6.60. The number of hydrogen-bond donors (Lipinski definition) is 2. The molecule has 2 rings (SSSR count). The van der Waals surface area contributed by atoms with Crippen LogP contribution < -0.4 is 9.46 Å². The van der Waals surface area contributed by atoms with Crippen molar-refractivity contribution in [2.75, 3.05) is 13.2 Å². The zero-order valence-electron chi connectivity index (χ0n) is 14.2. The van der Waals surface area contributed by atoms with E-state index in [4.69, 9.17) is 4.74 Å². The minimum absolute atomic E-state index is 0.0219. The molecule has 0 fully saturated rings. The molecule has 24 heavy (non-hydrogen) atoms. The number of aliphatic hydroxyl groups is 1. The summed E-state index contributed by atoms with van der Waals surface area (Å²) in [6, 6.07) is 10.5. The van der Waals surface area contributed by atoms with Crippen molar-refractivity contribution in [2.24, 2.45) is 0 Å². The number of nitrogens with one attached hydrogen (secondary N) is 1. The Balaban J connectivity index is 2.33. The summed E-state index contributed by atoms with van der Waals surface area (Å²) in [4.78, 5) is 0.194. The summed E-state index contributed by atoms with van der Waals surface area (Å²) in [6.45, 7) is 4.26. The molecule has 2 aromatic carbocycles. The van der Waals surface area contributed by atoms with Gasteiger partial charge in [-0.25, -0.2) is 13.1 Å². The molecule has 1 unspecified atom stereocenters. The summed E-state index contributed by atoms with van der Waals surface area (Å²) in [7, 11) is -3.69. The second kappa shape index (κ2) is 8.46. The molecule has 2 aromatic rings. The highest BCUT2D eigenvalue weighted by Crippen LogP contribution is 2.31. The Bertz CT molecular complexity index is 772. The van der Waals surface area contributed by atoms with Gasteiger partial charge in [0.1, 0.15) is 5.75 Å². The molecule has 6 heteroatoms. The zero-order valence-corrected chi connectivity index (χ0v) is 15.0. The Labute approximate surface area is 143 Å². The Morgan fingerprint density at radius 1 is 1.12 bits per heavy atom. The van der Waals surface area contributed by atoms with Gasteiger partial charge in [-0.2, -0.15) is 0 Å². The number of rotatable bonds is 9. The van der Waals surface area contributed by atoms with Crippen LogP contribution in [0.3, 0.4) is 0 Å². The first-order valence-corrected chi connectivity index (χ1v) is 9.76. The lowest BCUT2D eigenvalue weighted by Crippen LogP contribution is -2.30. The maximum atomic E-state index is 12.5. The molecule has 132 valence electrons. The third-order valence-electron chi connectivity index (χ3n) is 3.71. The maximum absolute atomic E-state index is 12.5. The molecule has 0 bridgehead atoms. The Morgan fingerprint density at radius 2 is 1.83 bits per heavy atom. The van der Waals surface area contributed by atoms with Crippen LogP contribution in [0.15, 0.2) is 41.3 Å². The van der Waals surface area contributed by atoms with E-state index in [1.165, 1.54) is 6.92 Å². The number of benzene rings is 2. The lowest BCUT2D eigenvalue weighted by molar-refractivity contribution is 0.198. The number of sulfonamides is 1. The second-order valence-electron chi connectivity index (χ2n) is 5.86. The van der Waals surface area contributed by atoms with E-state index in [1.54, 1.807) is 24.3 Å². The van der Waals surface area contributed by atoms with E-state index in [1.807, 2.05) is 12.1 Å². The fraction of sp³-hybridized carbons (Fsp3) is 0.444. The predicted octanol–water partition coefficient (Wildman–Crippen LogP) is 3.07. The van der Waals surface area contributed by atoms with Crippen LogP contribution in [0.25, 0.3) is 10.8 Å². The molecule has 0 aromatic heterocycles. The minimum Gasteiger partial charge on any atom is -0.493 e. The van der Waals surface area contributed by atoms with Gasteiger partial charge >= 0.3 is 0 Å². The van der Waals surface area contributed by atoms with Crippen LogP contribution in [0.1, 0.15) is 33.1 Å². The van der Waals surface area contributed by atoms with Gasteiger partial charge in [0.15, 0.2) is 0 Å². The zero-order chi connectivity index (χ0) is 17.6. The highest BCUT2D eigenvalue weighted by Gasteiger charge is 2.19. The maximum Gasteiger partial charge on any atom is 0.241 e. The number of hydrogen-bond acceptors (Lipinski definition) is 4. The Morgan fingerprint density at radius 3 is 2.50 bits per heavy atom. The van der Waals surface area contributed by atoms with Crippen LogP contribution in [0.4, 0.5) is 0 Å². The normalized spacial score (nSPS) is 13.1. The van der Waals surface area contributed by atoms with Crippen molar-refractivity contribution in [1.29, 1.82) is 0 Å². The van der Waals surface area contributed by atoms with Crippen LogP contribution >= 0.6 is 0 Å². The molecule has 0 spiro atoms. The molecule has 0 saturated heterocycles. The van der Waals surface area contributed by atoms with Crippen molar-refractivity contribution in [3.8, 4) is 5.75 Å². The molecule has 5 nitrogen and oxygen atoms in total. The monoisotopic (exact) mass is 351 g/mol. The fourth-order valence-electron chi connectivity index (χ4n) is 2.45. The SMILES string of the molecule is CCCCCOc1ccc(S(=O)(=O)NCC(C)O)c2ccccc12. The summed E-state index contributed by atoms with van der Waals surface area (Å²) in [5, 5.41) is 10.7. The molecular weight excluding hydrogens is 326 g/mol.